The lowest BCUT2D eigenvalue weighted by molar-refractivity contribution is -0.141. The summed E-state index contributed by atoms with van der Waals surface area (Å²) in [5, 5.41) is 0.0693. The monoisotopic (exact) mass is 706 g/mol. The van der Waals surface area contributed by atoms with E-state index in [4.69, 9.17) is 18.9 Å². The zero-order valence-corrected chi connectivity index (χ0v) is 28.1. The number of rotatable bonds is 10. The third kappa shape index (κ3) is 7.10. The van der Waals surface area contributed by atoms with Gasteiger partial charge in [0.2, 0.25) is 0 Å². The van der Waals surface area contributed by atoms with Crippen molar-refractivity contribution in [2.75, 3.05) is 13.7 Å². The van der Waals surface area contributed by atoms with Gasteiger partial charge in [0, 0.05) is 17.2 Å². The van der Waals surface area contributed by atoms with Crippen LogP contribution in [0.25, 0.3) is 17.3 Å². The van der Waals surface area contributed by atoms with Crippen molar-refractivity contribution in [3.8, 4) is 17.0 Å². The SMILES string of the molecule is CCCC1=C(C(=O)OCC)[C@@H](c2ccccc2OC)n2c(s/c(=C/c3ccc(Sc4nc(-c5ccccc5)cc(C(F)(F)F)n4)o3)c2=O)=N1. The highest BCUT2D eigenvalue weighted by Crippen LogP contribution is 2.37. The van der Waals surface area contributed by atoms with Crippen molar-refractivity contribution in [2.24, 2.45) is 4.99 Å². The molecule has 2 aromatic carbocycles. The minimum absolute atomic E-state index is 0.118. The highest BCUT2D eigenvalue weighted by molar-refractivity contribution is 7.99. The second-order valence-corrected chi connectivity index (χ2v) is 12.7. The molecule has 1 aliphatic heterocycles. The predicted octanol–water partition coefficient (Wildman–Crippen LogP) is 6.81. The van der Waals surface area contributed by atoms with Gasteiger partial charge in [-0.15, -0.1) is 0 Å². The molecule has 0 saturated carbocycles. The van der Waals surface area contributed by atoms with E-state index in [0.717, 1.165) is 29.2 Å². The second-order valence-electron chi connectivity index (χ2n) is 10.7. The summed E-state index contributed by atoms with van der Waals surface area (Å²) in [6.07, 6.45) is -1.98. The lowest BCUT2D eigenvalue weighted by atomic mass is 9.93. The lowest BCUT2D eigenvalue weighted by Gasteiger charge is -2.26. The Kier molecular flexibility index (Phi) is 9.88. The van der Waals surface area contributed by atoms with Gasteiger partial charge in [-0.3, -0.25) is 9.36 Å². The summed E-state index contributed by atoms with van der Waals surface area (Å²) < 4.78 is 59.9. The minimum Gasteiger partial charge on any atom is -0.496 e. The molecule has 0 saturated heterocycles. The van der Waals surface area contributed by atoms with Gasteiger partial charge in [-0.05, 0) is 49.4 Å². The van der Waals surface area contributed by atoms with Gasteiger partial charge in [-0.1, -0.05) is 73.2 Å². The molecule has 252 valence electrons. The summed E-state index contributed by atoms with van der Waals surface area (Å²) in [7, 11) is 1.52. The van der Waals surface area contributed by atoms with E-state index in [1.54, 1.807) is 73.7 Å². The van der Waals surface area contributed by atoms with E-state index in [1.165, 1.54) is 17.8 Å². The first-order chi connectivity index (χ1) is 23.6. The summed E-state index contributed by atoms with van der Waals surface area (Å²) >= 11 is 1.95. The van der Waals surface area contributed by atoms with Gasteiger partial charge in [-0.2, -0.15) is 13.2 Å². The number of esters is 1. The van der Waals surface area contributed by atoms with Gasteiger partial charge < -0.3 is 13.9 Å². The maximum absolute atomic E-state index is 14.1. The molecule has 0 fully saturated rings. The minimum atomic E-state index is -4.68. The topological polar surface area (TPSA) is 109 Å². The molecule has 0 aliphatic carbocycles. The van der Waals surface area contributed by atoms with E-state index in [2.05, 4.69) is 9.97 Å². The van der Waals surface area contributed by atoms with Crippen LogP contribution < -0.4 is 19.6 Å². The van der Waals surface area contributed by atoms with Crippen molar-refractivity contribution in [3.05, 3.63) is 121 Å². The smallest absolute Gasteiger partial charge is 0.433 e. The molecule has 49 heavy (non-hydrogen) atoms. The second kappa shape index (κ2) is 14.3. The molecule has 9 nitrogen and oxygen atoms in total. The third-order valence-corrected chi connectivity index (χ3v) is 9.23. The van der Waals surface area contributed by atoms with Gasteiger partial charge >= 0.3 is 12.1 Å². The first-order valence-electron chi connectivity index (χ1n) is 15.3. The van der Waals surface area contributed by atoms with Crippen molar-refractivity contribution in [2.45, 2.75) is 49.2 Å². The van der Waals surface area contributed by atoms with Gasteiger partial charge in [0.25, 0.3) is 5.56 Å². The summed E-state index contributed by atoms with van der Waals surface area (Å²) in [6, 6.07) is 18.9. The number of fused-ring (bicyclic) bond motifs is 1. The molecule has 0 amide bonds. The number of furan rings is 1. The molecule has 5 aromatic rings. The number of methoxy groups -OCH3 is 1. The molecule has 0 radical (unpaired) electrons. The fourth-order valence-electron chi connectivity index (χ4n) is 5.37. The number of allylic oxidation sites excluding steroid dienone is 1. The number of alkyl halides is 3. The zero-order valence-electron chi connectivity index (χ0n) is 26.5. The molecule has 0 unspecified atom stereocenters. The standard InChI is InChI=1S/C35H29F3N4O5S2/c1-4-11-23-29(32(44)46-5-2)30(22-14-9-10-15-25(22)45-3)42-31(43)26(48-34(42)40-23)18-21-16-17-28(47-21)49-33-39-24(20-12-7-6-8-13-20)19-27(41-33)35(36,37)38/h6-10,12-19,30H,4-5,11H2,1-3H3/b26-18+/t30-/m1/s1. The summed E-state index contributed by atoms with van der Waals surface area (Å²) in [5.74, 6) is 0.191. The van der Waals surface area contributed by atoms with Crippen molar-refractivity contribution < 1.29 is 31.9 Å². The van der Waals surface area contributed by atoms with E-state index in [9.17, 15) is 22.8 Å². The molecule has 0 N–H and O–H groups in total. The Hall–Kier alpha value is -4.95. The number of hydrogen-bond acceptors (Lipinski definition) is 10. The van der Waals surface area contributed by atoms with Gasteiger partial charge in [0.05, 0.1) is 35.2 Å². The molecule has 3 aromatic heterocycles. The Morgan fingerprint density at radius 3 is 2.53 bits per heavy atom. The third-order valence-electron chi connectivity index (χ3n) is 7.46. The summed E-state index contributed by atoms with van der Waals surface area (Å²) in [6.45, 7) is 3.82. The average Bonchev–Trinajstić information content (AvgIpc) is 3.66. The number of para-hydroxylation sites is 1. The Balaban J connectivity index is 1.41. The number of halogens is 3. The van der Waals surface area contributed by atoms with Crippen LogP contribution >= 0.6 is 23.1 Å². The van der Waals surface area contributed by atoms with E-state index in [-0.39, 0.29) is 38.4 Å². The first kappa shape index (κ1) is 33.9. The summed E-state index contributed by atoms with van der Waals surface area (Å²) in [5.41, 5.74) is 0.510. The van der Waals surface area contributed by atoms with Crippen molar-refractivity contribution >= 4 is 35.1 Å². The molecule has 14 heteroatoms. The van der Waals surface area contributed by atoms with Crippen LogP contribution in [0.15, 0.2) is 109 Å². The van der Waals surface area contributed by atoms with Gasteiger partial charge in [0.1, 0.15) is 23.2 Å². The highest BCUT2D eigenvalue weighted by atomic mass is 32.2. The highest BCUT2D eigenvalue weighted by Gasteiger charge is 2.36. The van der Waals surface area contributed by atoms with Crippen molar-refractivity contribution in [1.29, 1.82) is 0 Å². The number of carbonyl (C=O) groups is 1. The normalized spacial score (nSPS) is 14.8. The average molecular weight is 707 g/mol. The number of ether oxygens (including phenoxy) is 2. The largest absolute Gasteiger partial charge is 0.496 e. The summed E-state index contributed by atoms with van der Waals surface area (Å²) in [4.78, 5) is 40.7. The Morgan fingerprint density at radius 2 is 1.82 bits per heavy atom. The molecule has 6 rings (SSSR count). The molecule has 1 atom stereocenters. The fourth-order valence-corrected chi connectivity index (χ4v) is 7.11. The van der Waals surface area contributed by atoms with E-state index in [0.29, 0.717) is 40.2 Å². The molecule has 1 aliphatic rings. The number of benzene rings is 2. The van der Waals surface area contributed by atoms with Crippen LogP contribution in [0.5, 0.6) is 5.75 Å². The van der Waals surface area contributed by atoms with Gasteiger partial charge in [0.15, 0.2) is 15.1 Å². The number of thiazole rings is 1. The fraction of sp³-hybridized carbons (Fsp3) is 0.229. The Morgan fingerprint density at radius 1 is 1.06 bits per heavy atom. The van der Waals surface area contributed by atoms with Crippen LogP contribution in [0.4, 0.5) is 13.2 Å². The number of hydrogen-bond donors (Lipinski definition) is 0. The van der Waals surface area contributed by atoms with Gasteiger partial charge in [-0.25, -0.2) is 19.8 Å². The molecule has 0 spiro atoms. The maximum atomic E-state index is 14.1. The van der Waals surface area contributed by atoms with Crippen LogP contribution in [0, 0.1) is 0 Å². The predicted molar refractivity (Wildman–Crippen MR) is 178 cm³/mol. The number of aromatic nitrogens is 3. The zero-order chi connectivity index (χ0) is 34.7. The Labute approximate surface area is 286 Å². The quantitative estimate of drug-likeness (QED) is 0.115. The first-order valence-corrected chi connectivity index (χ1v) is 16.9. The van der Waals surface area contributed by atoms with E-state index >= 15 is 0 Å². The van der Waals surface area contributed by atoms with Crippen LogP contribution in [0.3, 0.4) is 0 Å². The maximum Gasteiger partial charge on any atom is 0.433 e. The van der Waals surface area contributed by atoms with Crippen LogP contribution in [0.2, 0.25) is 0 Å². The van der Waals surface area contributed by atoms with E-state index in [1.807, 2.05) is 6.92 Å². The molecule has 4 heterocycles. The molecular weight excluding hydrogens is 678 g/mol. The number of nitrogens with zero attached hydrogens (tertiary/aromatic N) is 4. The van der Waals surface area contributed by atoms with Crippen LogP contribution in [-0.4, -0.2) is 34.2 Å². The van der Waals surface area contributed by atoms with Crippen LogP contribution in [0.1, 0.15) is 49.7 Å². The number of carbonyl (C=O) groups excluding carboxylic acids is 1. The molecular formula is C35H29F3N4O5S2. The lowest BCUT2D eigenvalue weighted by Crippen LogP contribution is -2.40. The molecule has 0 bridgehead atoms. The van der Waals surface area contributed by atoms with Crippen molar-refractivity contribution in [3.63, 3.8) is 0 Å². The Bertz CT molecular complexity index is 2230. The van der Waals surface area contributed by atoms with E-state index < -0.39 is 29.4 Å². The van der Waals surface area contributed by atoms with Crippen molar-refractivity contribution in [1.82, 2.24) is 14.5 Å². The van der Waals surface area contributed by atoms with Crippen LogP contribution in [-0.2, 0) is 15.7 Å².